The van der Waals surface area contributed by atoms with E-state index in [1.807, 2.05) is 20.8 Å². The van der Waals surface area contributed by atoms with E-state index >= 15 is 0 Å². The molecule has 0 aromatic heterocycles. The summed E-state index contributed by atoms with van der Waals surface area (Å²) in [5.41, 5.74) is 12.2. The molecule has 5 nitrogen and oxygen atoms in total. The first-order valence-corrected chi connectivity index (χ1v) is 5.89. The molecule has 0 saturated heterocycles. The third kappa shape index (κ3) is 2.23. The molecule has 0 aromatic carbocycles. The zero-order valence-electron chi connectivity index (χ0n) is 10.7. The number of amidine groups is 2. The van der Waals surface area contributed by atoms with E-state index in [0.29, 0.717) is 6.42 Å². The number of carbonyl (C=O) groups is 1. The monoisotopic (exact) mass is 236 g/mol. The third-order valence-electron chi connectivity index (χ3n) is 3.12. The van der Waals surface area contributed by atoms with E-state index in [1.165, 1.54) is 0 Å². The molecule has 0 unspecified atom stereocenters. The molecule has 0 atom stereocenters. The van der Waals surface area contributed by atoms with E-state index in [1.54, 1.807) is 0 Å². The van der Waals surface area contributed by atoms with Crippen molar-refractivity contribution in [2.24, 2.45) is 26.9 Å². The minimum Gasteiger partial charge on any atom is -0.386 e. The molecule has 0 radical (unpaired) electrons. The van der Waals surface area contributed by atoms with E-state index in [4.69, 9.17) is 11.5 Å². The molecular formula is C12H20N4O. The number of nitrogens with two attached hydrogens (primary N) is 2. The molecule has 1 rings (SSSR count). The van der Waals surface area contributed by atoms with Crippen molar-refractivity contribution in [3.63, 3.8) is 0 Å². The maximum atomic E-state index is 11.2. The fourth-order valence-electron chi connectivity index (χ4n) is 2.27. The molecule has 4 N–H and O–H groups in total. The highest BCUT2D eigenvalue weighted by Gasteiger charge is 2.42. The lowest BCUT2D eigenvalue weighted by atomic mass is 9.73. The van der Waals surface area contributed by atoms with Crippen LogP contribution in [0.1, 0.15) is 40.0 Å². The second-order valence-corrected chi connectivity index (χ2v) is 4.23. The lowest BCUT2D eigenvalue weighted by Gasteiger charge is -2.35. The Morgan fingerprint density at radius 1 is 1.29 bits per heavy atom. The van der Waals surface area contributed by atoms with Crippen molar-refractivity contribution in [3.8, 4) is 0 Å². The van der Waals surface area contributed by atoms with Crippen molar-refractivity contribution in [2.75, 3.05) is 0 Å². The molecule has 1 aliphatic heterocycles. The van der Waals surface area contributed by atoms with E-state index in [2.05, 4.69) is 16.1 Å². The molecule has 17 heavy (non-hydrogen) atoms. The van der Waals surface area contributed by atoms with Crippen LogP contribution in [0.2, 0.25) is 0 Å². The summed E-state index contributed by atoms with van der Waals surface area (Å²) in [6.07, 6.45) is 4.53. The molecule has 0 bridgehead atoms. The topological polar surface area (TPSA) is 93.8 Å². The van der Waals surface area contributed by atoms with E-state index < -0.39 is 11.4 Å². The van der Waals surface area contributed by atoms with Crippen LogP contribution in [-0.2, 0) is 0 Å². The number of nitrogens with zero attached hydrogens (tertiary/aromatic N) is 2. The summed E-state index contributed by atoms with van der Waals surface area (Å²) in [5, 5.41) is 0. The van der Waals surface area contributed by atoms with E-state index in [9.17, 15) is 4.79 Å². The van der Waals surface area contributed by atoms with Crippen molar-refractivity contribution in [3.05, 3.63) is 11.6 Å². The Kier molecular flexibility index (Phi) is 4.04. The number of allylic oxidation sites excluding steroid dienone is 1. The van der Waals surface area contributed by atoms with E-state index in [0.717, 1.165) is 18.4 Å². The zero-order chi connectivity index (χ0) is 13.1. The Balaban J connectivity index is 3.33. The van der Waals surface area contributed by atoms with Gasteiger partial charge in [-0.15, -0.1) is 0 Å². The second-order valence-electron chi connectivity index (χ2n) is 4.23. The van der Waals surface area contributed by atoms with Crippen LogP contribution in [-0.4, -0.2) is 17.7 Å². The number of hydrogen-bond acceptors (Lipinski definition) is 3. The van der Waals surface area contributed by atoms with Crippen LogP contribution in [0, 0.1) is 5.41 Å². The lowest BCUT2D eigenvalue weighted by molar-refractivity contribution is 0.256. The van der Waals surface area contributed by atoms with Crippen LogP contribution in [0.5, 0.6) is 0 Å². The minimum absolute atomic E-state index is 0.263. The van der Waals surface area contributed by atoms with Gasteiger partial charge < -0.3 is 11.5 Å². The fourth-order valence-corrected chi connectivity index (χ4v) is 2.27. The van der Waals surface area contributed by atoms with Gasteiger partial charge in [0, 0.05) is 0 Å². The largest absolute Gasteiger partial charge is 0.386 e. The summed E-state index contributed by atoms with van der Waals surface area (Å²) in [5.74, 6) is 0.526. The number of aliphatic imine (C=N–C) groups is 2. The van der Waals surface area contributed by atoms with Crippen molar-refractivity contribution in [1.82, 2.24) is 0 Å². The number of amides is 2. The van der Waals surface area contributed by atoms with Gasteiger partial charge in [-0.2, -0.15) is 9.98 Å². The number of urea groups is 1. The summed E-state index contributed by atoms with van der Waals surface area (Å²) in [6, 6.07) is -0.615. The Bertz CT molecular complexity index is 385. The van der Waals surface area contributed by atoms with Crippen LogP contribution in [0.4, 0.5) is 4.79 Å². The van der Waals surface area contributed by atoms with Crippen molar-refractivity contribution in [1.29, 1.82) is 0 Å². The fraction of sp³-hybridized carbons (Fsp3) is 0.583. The minimum atomic E-state index is -0.668. The number of carbonyl (C=O) groups excluding carboxylic acids is 1. The molecular weight excluding hydrogens is 216 g/mol. The quantitative estimate of drug-likeness (QED) is 0.731. The summed E-state index contributed by atoms with van der Waals surface area (Å²) in [6.45, 7) is 6.04. The Labute approximate surface area is 102 Å². The average Bonchev–Trinajstić information content (AvgIpc) is 2.23. The highest BCUT2D eigenvalue weighted by atomic mass is 16.2. The summed E-state index contributed by atoms with van der Waals surface area (Å²) in [4.78, 5) is 18.7. The standard InChI is InChI=1S/C12H20N4O/c1-4-6-8(3)12(7-5-2)9(13)15-11(17)16-10(12)14/h6H,4-5,7H2,1-3H3,(H4,13,14,15,16,17)/b8-6-. The van der Waals surface area contributed by atoms with Gasteiger partial charge in [-0.25, -0.2) is 4.79 Å². The van der Waals surface area contributed by atoms with Gasteiger partial charge in [0.05, 0.1) is 0 Å². The van der Waals surface area contributed by atoms with Gasteiger partial charge in [0.1, 0.15) is 17.1 Å². The third-order valence-corrected chi connectivity index (χ3v) is 3.12. The molecule has 1 aliphatic rings. The number of rotatable bonds is 4. The first kappa shape index (κ1) is 13.4. The van der Waals surface area contributed by atoms with E-state index in [-0.39, 0.29) is 11.7 Å². The lowest BCUT2D eigenvalue weighted by Crippen LogP contribution is -2.51. The Morgan fingerprint density at radius 3 is 2.24 bits per heavy atom. The molecule has 0 fully saturated rings. The molecule has 0 saturated carbocycles. The highest BCUT2D eigenvalue weighted by Crippen LogP contribution is 2.35. The maximum Gasteiger partial charge on any atom is 0.370 e. The maximum absolute atomic E-state index is 11.2. The van der Waals surface area contributed by atoms with Gasteiger partial charge in [-0.1, -0.05) is 31.9 Å². The van der Waals surface area contributed by atoms with Crippen molar-refractivity contribution in [2.45, 2.75) is 40.0 Å². The highest BCUT2D eigenvalue weighted by molar-refractivity contribution is 6.19. The van der Waals surface area contributed by atoms with Gasteiger partial charge >= 0.3 is 6.03 Å². The van der Waals surface area contributed by atoms with Crippen LogP contribution in [0.25, 0.3) is 0 Å². The Hall–Kier alpha value is -1.65. The Morgan fingerprint density at radius 2 is 1.82 bits per heavy atom. The smallest absolute Gasteiger partial charge is 0.370 e. The second kappa shape index (κ2) is 5.12. The van der Waals surface area contributed by atoms with Gasteiger partial charge in [0.25, 0.3) is 0 Å². The average molecular weight is 236 g/mol. The van der Waals surface area contributed by atoms with Crippen LogP contribution >= 0.6 is 0 Å². The molecule has 2 amide bonds. The normalized spacial score (nSPS) is 19.9. The predicted octanol–water partition coefficient (Wildman–Crippen LogP) is 1.98. The zero-order valence-corrected chi connectivity index (χ0v) is 10.7. The molecule has 5 heteroatoms. The molecule has 94 valence electrons. The van der Waals surface area contributed by atoms with Crippen LogP contribution in [0.15, 0.2) is 21.6 Å². The van der Waals surface area contributed by atoms with Gasteiger partial charge in [0.2, 0.25) is 0 Å². The molecule has 1 heterocycles. The first-order chi connectivity index (χ1) is 7.98. The molecule has 0 aliphatic carbocycles. The SMILES string of the molecule is CC/C=C(/C)C1(CCC)C(N)=NC(=O)N=C1N. The van der Waals surface area contributed by atoms with Crippen LogP contribution < -0.4 is 11.5 Å². The summed E-state index contributed by atoms with van der Waals surface area (Å²) >= 11 is 0. The first-order valence-electron chi connectivity index (χ1n) is 5.89. The van der Waals surface area contributed by atoms with Crippen molar-refractivity contribution >= 4 is 17.7 Å². The van der Waals surface area contributed by atoms with Gasteiger partial charge in [-0.05, 0) is 19.8 Å². The van der Waals surface area contributed by atoms with Crippen molar-refractivity contribution < 1.29 is 4.79 Å². The predicted molar refractivity (Wildman–Crippen MR) is 70.0 cm³/mol. The number of hydrogen-bond donors (Lipinski definition) is 2. The summed E-state index contributed by atoms with van der Waals surface area (Å²) < 4.78 is 0. The molecule has 0 aromatic rings. The van der Waals surface area contributed by atoms with Crippen LogP contribution in [0.3, 0.4) is 0 Å². The summed E-state index contributed by atoms with van der Waals surface area (Å²) in [7, 11) is 0. The molecule has 0 spiro atoms. The van der Waals surface area contributed by atoms with Gasteiger partial charge in [-0.3, -0.25) is 0 Å². The van der Waals surface area contributed by atoms with Gasteiger partial charge in [0.15, 0.2) is 0 Å².